The molecule has 6 nitrogen and oxygen atoms in total. The molecule has 1 saturated heterocycles. The molecule has 100 valence electrons. The number of hydrogen-bond acceptors (Lipinski definition) is 3. The molecule has 0 N–H and O–H groups in total. The van der Waals surface area contributed by atoms with Crippen molar-refractivity contribution in [3.63, 3.8) is 0 Å². The van der Waals surface area contributed by atoms with Crippen LogP contribution in [0.15, 0.2) is 5.11 Å². The molecule has 18 heavy (non-hydrogen) atoms. The lowest BCUT2D eigenvalue weighted by atomic mass is 9.99. The summed E-state index contributed by atoms with van der Waals surface area (Å²) < 4.78 is 5.35. The lowest BCUT2D eigenvalue weighted by Gasteiger charge is -2.24. The van der Waals surface area contributed by atoms with Gasteiger partial charge in [0, 0.05) is 18.0 Å². The molecule has 1 aliphatic carbocycles. The fourth-order valence-corrected chi connectivity index (χ4v) is 2.46. The highest BCUT2D eigenvalue weighted by molar-refractivity contribution is 5.68. The Kier molecular flexibility index (Phi) is 3.39. The fraction of sp³-hybridized carbons (Fsp3) is 0.917. The zero-order valence-corrected chi connectivity index (χ0v) is 11.2. The van der Waals surface area contributed by atoms with Crippen molar-refractivity contribution in [1.29, 1.82) is 0 Å². The molecule has 1 amide bonds. The Balaban J connectivity index is 1.99. The number of ether oxygens (including phenoxy) is 1. The van der Waals surface area contributed by atoms with Crippen LogP contribution in [0, 0.1) is 11.8 Å². The van der Waals surface area contributed by atoms with Crippen LogP contribution < -0.4 is 0 Å². The van der Waals surface area contributed by atoms with Gasteiger partial charge in [-0.05, 0) is 51.0 Å². The number of rotatable bonds is 2. The largest absolute Gasteiger partial charge is 0.444 e. The second kappa shape index (κ2) is 4.69. The first kappa shape index (κ1) is 13.0. The fourth-order valence-electron chi connectivity index (χ4n) is 2.46. The monoisotopic (exact) mass is 252 g/mol. The van der Waals surface area contributed by atoms with Gasteiger partial charge in [0.1, 0.15) is 5.60 Å². The Morgan fingerprint density at radius 3 is 2.56 bits per heavy atom. The summed E-state index contributed by atoms with van der Waals surface area (Å²) in [6, 6.07) is -0.0879. The maximum absolute atomic E-state index is 12.0. The van der Waals surface area contributed by atoms with E-state index < -0.39 is 5.60 Å². The highest BCUT2D eigenvalue weighted by Crippen LogP contribution is 2.42. The Morgan fingerprint density at radius 1 is 1.39 bits per heavy atom. The molecule has 0 aromatic heterocycles. The maximum Gasteiger partial charge on any atom is 0.410 e. The lowest BCUT2D eigenvalue weighted by Crippen LogP contribution is -2.35. The summed E-state index contributed by atoms with van der Waals surface area (Å²) in [5, 5.41) is 3.83. The summed E-state index contributed by atoms with van der Waals surface area (Å²) in [5.41, 5.74) is 8.10. The summed E-state index contributed by atoms with van der Waals surface area (Å²) in [7, 11) is 0. The Bertz CT molecular complexity index is 380. The number of nitrogens with zero attached hydrogens (tertiary/aromatic N) is 4. The summed E-state index contributed by atoms with van der Waals surface area (Å²) in [4.78, 5) is 16.5. The quantitative estimate of drug-likeness (QED) is 0.430. The second-order valence-corrected chi connectivity index (χ2v) is 6.16. The first-order valence-corrected chi connectivity index (χ1v) is 6.43. The van der Waals surface area contributed by atoms with E-state index in [-0.39, 0.29) is 12.1 Å². The van der Waals surface area contributed by atoms with Gasteiger partial charge in [-0.2, -0.15) is 0 Å². The first-order valence-electron chi connectivity index (χ1n) is 6.43. The minimum Gasteiger partial charge on any atom is -0.444 e. The SMILES string of the molecule is CC(C)(C)OC(=O)N1CC(N=[N+]=[N-])[C@H](C2CC2)C1. The molecule has 2 atom stereocenters. The zero-order valence-electron chi connectivity index (χ0n) is 11.2. The van der Waals surface area contributed by atoms with Gasteiger partial charge in [-0.1, -0.05) is 5.11 Å². The van der Waals surface area contributed by atoms with E-state index in [1.54, 1.807) is 4.90 Å². The summed E-state index contributed by atoms with van der Waals surface area (Å²) in [5.74, 6) is 0.932. The minimum atomic E-state index is -0.483. The minimum absolute atomic E-state index is 0.0879. The van der Waals surface area contributed by atoms with Gasteiger partial charge >= 0.3 is 6.09 Å². The number of carbonyl (C=O) groups is 1. The Labute approximate surface area is 107 Å². The predicted octanol–water partition coefficient (Wildman–Crippen LogP) is 2.94. The highest BCUT2D eigenvalue weighted by atomic mass is 16.6. The Hall–Kier alpha value is -1.42. The van der Waals surface area contributed by atoms with E-state index in [1.165, 1.54) is 12.8 Å². The first-order chi connectivity index (χ1) is 8.40. The smallest absolute Gasteiger partial charge is 0.410 e. The standard InChI is InChI=1S/C12H20N4O2/c1-12(2,3)18-11(17)16-6-9(8-4-5-8)10(7-16)14-15-13/h8-10H,4-7H2,1-3H3/t9-,10?/m0/s1. The molecule has 2 rings (SSSR count). The number of hydrogen-bond donors (Lipinski definition) is 0. The molecule has 1 heterocycles. The zero-order chi connectivity index (χ0) is 13.3. The molecule has 0 spiro atoms. The van der Waals surface area contributed by atoms with Crippen molar-refractivity contribution >= 4 is 6.09 Å². The number of carbonyl (C=O) groups excluding carboxylic acids is 1. The third kappa shape index (κ3) is 3.07. The highest BCUT2D eigenvalue weighted by Gasteiger charge is 2.44. The summed E-state index contributed by atoms with van der Waals surface area (Å²) in [6.45, 7) is 6.70. The number of amides is 1. The molecule has 0 aromatic carbocycles. The van der Waals surface area contributed by atoms with Crippen molar-refractivity contribution in [2.75, 3.05) is 13.1 Å². The van der Waals surface area contributed by atoms with Gasteiger partial charge < -0.3 is 9.64 Å². The van der Waals surface area contributed by atoms with Crippen LogP contribution in [-0.2, 0) is 4.74 Å². The summed E-state index contributed by atoms with van der Waals surface area (Å²) in [6.07, 6.45) is 2.07. The maximum atomic E-state index is 12.0. The molecule has 0 bridgehead atoms. The van der Waals surface area contributed by atoms with Crippen LogP contribution in [-0.4, -0.2) is 35.7 Å². The normalized spacial score (nSPS) is 27.8. The lowest BCUT2D eigenvalue weighted by molar-refractivity contribution is 0.0285. The number of azide groups is 1. The van der Waals surface area contributed by atoms with Gasteiger partial charge in [0.05, 0.1) is 6.04 Å². The second-order valence-electron chi connectivity index (χ2n) is 6.16. The van der Waals surface area contributed by atoms with Gasteiger partial charge in [-0.3, -0.25) is 0 Å². The molecular weight excluding hydrogens is 232 g/mol. The third-order valence-corrected chi connectivity index (χ3v) is 3.41. The van der Waals surface area contributed by atoms with E-state index in [1.807, 2.05) is 20.8 Å². The van der Waals surface area contributed by atoms with Crippen LogP contribution >= 0.6 is 0 Å². The van der Waals surface area contributed by atoms with Crippen molar-refractivity contribution in [3.8, 4) is 0 Å². The van der Waals surface area contributed by atoms with Crippen LogP contribution in [0.4, 0.5) is 4.79 Å². The third-order valence-electron chi connectivity index (χ3n) is 3.41. The van der Waals surface area contributed by atoms with Crippen molar-refractivity contribution in [2.24, 2.45) is 17.0 Å². The van der Waals surface area contributed by atoms with E-state index in [2.05, 4.69) is 10.0 Å². The van der Waals surface area contributed by atoms with Crippen LogP contribution in [0.25, 0.3) is 10.4 Å². The molecule has 1 unspecified atom stereocenters. The molecule has 0 radical (unpaired) electrons. The molecule has 6 heteroatoms. The van der Waals surface area contributed by atoms with E-state index in [4.69, 9.17) is 10.3 Å². The van der Waals surface area contributed by atoms with E-state index in [0.29, 0.717) is 24.9 Å². The van der Waals surface area contributed by atoms with E-state index in [9.17, 15) is 4.79 Å². The molecular formula is C12H20N4O2. The van der Waals surface area contributed by atoms with Crippen LogP contribution in [0.1, 0.15) is 33.6 Å². The predicted molar refractivity (Wildman–Crippen MR) is 67.0 cm³/mol. The average Bonchev–Trinajstić information content (AvgIpc) is 2.98. The van der Waals surface area contributed by atoms with Gasteiger partial charge in [-0.15, -0.1) is 0 Å². The molecule has 2 fully saturated rings. The van der Waals surface area contributed by atoms with Crippen molar-refractivity contribution < 1.29 is 9.53 Å². The molecule has 2 aliphatic rings. The Morgan fingerprint density at radius 2 is 2.06 bits per heavy atom. The average molecular weight is 252 g/mol. The van der Waals surface area contributed by atoms with E-state index in [0.717, 1.165) is 0 Å². The van der Waals surface area contributed by atoms with Crippen molar-refractivity contribution in [3.05, 3.63) is 10.4 Å². The summed E-state index contributed by atoms with van der Waals surface area (Å²) >= 11 is 0. The molecule has 0 aromatic rings. The van der Waals surface area contributed by atoms with Crippen molar-refractivity contribution in [1.82, 2.24) is 4.90 Å². The van der Waals surface area contributed by atoms with Crippen LogP contribution in [0.3, 0.4) is 0 Å². The topological polar surface area (TPSA) is 78.3 Å². The van der Waals surface area contributed by atoms with Gasteiger partial charge in [0.15, 0.2) is 0 Å². The molecule has 1 aliphatic heterocycles. The molecule has 1 saturated carbocycles. The van der Waals surface area contributed by atoms with Gasteiger partial charge in [0.25, 0.3) is 0 Å². The van der Waals surface area contributed by atoms with E-state index >= 15 is 0 Å². The van der Waals surface area contributed by atoms with Gasteiger partial charge in [0.2, 0.25) is 0 Å². The van der Waals surface area contributed by atoms with Crippen LogP contribution in [0.2, 0.25) is 0 Å². The van der Waals surface area contributed by atoms with Gasteiger partial charge in [-0.25, -0.2) is 4.79 Å². The van der Waals surface area contributed by atoms with Crippen LogP contribution in [0.5, 0.6) is 0 Å². The number of likely N-dealkylation sites (tertiary alicyclic amines) is 1. The van der Waals surface area contributed by atoms with Crippen molar-refractivity contribution in [2.45, 2.75) is 45.3 Å².